The molecule has 0 aliphatic carbocycles. The van der Waals surface area contributed by atoms with Crippen molar-refractivity contribution in [2.75, 3.05) is 24.9 Å². The van der Waals surface area contributed by atoms with E-state index in [1.165, 1.54) is 25.6 Å². The number of amides is 2. The Labute approximate surface area is 158 Å². The van der Waals surface area contributed by atoms with Gasteiger partial charge in [-0.1, -0.05) is 11.6 Å². The monoisotopic (exact) mass is 390 g/mol. The van der Waals surface area contributed by atoms with E-state index in [9.17, 15) is 9.59 Å². The number of hydrogen-bond acceptors (Lipinski definition) is 5. The lowest BCUT2D eigenvalue weighted by molar-refractivity contribution is 0.0603. The average Bonchev–Trinajstić information content (AvgIpc) is 3.00. The highest BCUT2D eigenvalue weighted by Crippen LogP contribution is 2.39. The number of nitrogens with one attached hydrogen (secondary N) is 2. The van der Waals surface area contributed by atoms with Crippen LogP contribution in [0.4, 0.5) is 16.2 Å². The third-order valence-electron chi connectivity index (χ3n) is 3.58. The van der Waals surface area contributed by atoms with Gasteiger partial charge in [-0.2, -0.15) is 0 Å². The van der Waals surface area contributed by atoms with Gasteiger partial charge in [-0.3, -0.25) is 0 Å². The summed E-state index contributed by atoms with van der Waals surface area (Å²) in [6.45, 7) is 0. The van der Waals surface area contributed by atoms with Crippen LogP contribution in [0.1, 0.15) is 9.67 Å². The topological polar surface area (TPSA) is 76.7 Å². The molecule has 1 heterocycles. The first-order valence-corrected chi connectivity index (χ1v) is 8.73. The molecule has 2 aromatic carbocycles. The van der Waals surface area contributed by atoms with Crippen LogP contribution in [-0.2, 0) is 4.74 Å². The Morgan fingerprint density at radius 3 is 2.31 bits per heavy atom. The minimum Gasteiger partial charge on any atom is -0.494 e. The second kappa shape index (κ2) is 7.63. The fourth-order valence-corrected chi connectivity index (χ4v) is 3.61. The number of thiophene rings is 1. The average molecular weight is 391 g/mol. The zero-order valence-electron chi connectivity index (χ0n) is 14.0. The van der Waals surface area contributed by atoms with Crippen LogP contribution in [0.15, 0.2) is 42.5 Å². The number of ether oxygens (including phenoxy) is 2. The highest BCUT2D eigenvalue weighted by atomic mass is 35.5. The summed E-state index contributed by atoms with van der Waals surface area (Å²) in [5.41, 5.74) is 1.19. The Bertz CT molecular complexity index is 969. The number of benzene rings is 2. The Balaban J connectivity index is 1.83. The molecule has 1 aromatic heterocycles. The molecule has 3 aromatic rings. The van der Waals surface area contributed by atoms with Gasteiger partial charge in [-0.05, 0) is 42.5 Å². The van der Waals surface area contributed by atoms with E-state index >= 15 is 0 Å². The molecule has 6 nitrogen and oxygen atoms in total. The van der Waals surface area contributed by atoms with Crippen molar-refractivity contribution in [3.05, 3.63) is 52.4 Å². The van der Waals surface area contributed by atoms with Gasteiger partial charge in [0.05, 0.1) is 14.2 Å². The lowest BCUT2D eigenvalue weighted by Gasteiger charge is -2.08. The highest BCUT2D eigenvalue weighted by Gasteiger charge is 2.20. The zero-order chi connectivity index (χ0) is 18.7. The largest absolute Gasteiger partial charge is 0.494 e. The lowest BCUT2D eigenvalue weighted by atomic mass is 10.2. The number of halogens is 1. The first-order valence-electron chi connectivity index (χ1n) is 7.54. The van der Waals surface area contributed by atoms with Crippen LogP contribution in [0.25, 0.3) is 10.1 Å². The number of carbonyl (C=O) groups is 2. The second-order valence-corrected chi connectivity index (χ2v) is 6.74. The molecule has 8 heteroatoms. The maximum absolute atomic E-state index is 12.2. The standard InChI is InChI=1S/C18H15ClN2O4S/c1-24-15-13-9-12(7-8-14(13)26-16(15)17(22)25-2)21-18(23)20-11-5-3-10(19)4-6-11/h3-9H,1-2H3,(H2,20,21,23). The van der Waals surface area contributed by atoms with E-state index in [-0.39, 0.29) is 0 Å². The molecular weight excluding hydrogens is 376 g/mol. The molecule has 134 valence electrons. The fourth-order valence-electron chi connectivity index (χ4n) is 2.41. The summed E-state index contributed by atoms with van der Waals surface area (Å²) in [5, 5.41) is 6.78. The molecule has 0 atom stereocenters. The first-order chi connectivity index (χ1) is 12.5. The van der Waals surface area contributed by atoms with Crippen molar-refractivity contribution in [2.45, 2.75) is 0 Å². The Kier molecular flexibility index (Phi) is 5.29. The van der Waals surface area contributed by atoms with E-state index in [2.05, 4.69) is 10.6 Å². The molecule has 3 rings (SSSR count). The van der Waals surface area contributed by atoms with Crippen molar-refractivity contribution in [3.8, 4) is 5.75 Å². The molecule has 0 fully saturated rings. The van der Waals surface area contributed by atoms with Crippen molar-refractivity contribution >= 4 is 56.4 Å². The predicted molar refractivity (Wildman–Crippen MR) is 104 cm³/mol. The molecule has 0 spiro atoms. The van der Waals surface area contributed by atoms with Crippen LogP contribution >= 0.6 is 22.9 Å². The molecule has 0 aliphatic rings. The number of esters is 1. The zero-order valence-corrected chi connectivity index (χ0v) is 15.5. The van der Waals surface area contributed by atoms with E-state index in [0.29, 0.717) is 27.0 Å². The normalized spacial score (nSPS) is 10.4. The summed E-state index contributed by atoms with van der Waals surface area (Å²) in [7, 11) is 2.81. The number of rotatable bonds is 4. The minimum atomic E-state index is -0.460. The second-order valence-electron chi connectivity index (χ2n) is 5.25. The fraction of sp³-hybridized carbons (Fsp3) is 0.111. The third kappa shape index (κ3) is 3.74. The minimum absolute atomic E-state index is 0.382. The van der Waals surface area contributed by atoms with Crippen molar-refractivity contribution in [2.24, 2.45) is 0 Å². The molecule has 0 saturated carbocycles. The molecular formula is C18H15ClN2O4S. The van der Waals surface area contributed by atoms with E-state index in [1.807, 2.05) is 6.07 Å². The number of carbonyl (C=O) groups excluding carboxylic acids is 2. The van der Waals surface area contributed by atoms with E-state index in [1.54, 1.807) is 36.4 Å². The van der Waals surface area contributed by atoms with Gasteiger partial charge >= 0.3 is 12.0 Å². The summed E-state index contributed by atoms with van der Waals surface area (Å²) >= 11 is 7.10. The van der Waals surface area contributed by atoms with Crippen molar-refractivity contribution in [1.29, 1.82) is 0 Å². The maximum atomic E-state index is 12.2. The SMILES string of the molecule is COC(=O)c1sc2ccc(NC(=O)Nc3ccc(Cl)cc3)cc2c1OC. The van der Waals surface area contributed by atoms with Crippen LogP contribution in [0, 0.1) is 0 Å². The smallest absolute Gasteiger partial charge is 0.351 e. The van der Waals surface area contributed by atoms with Gasteiger partial charge in [0, 0.05) is 26.5 Å². The van der Waals surface area contributed by atoms with Crippen molar-refractivity contribution in [1.82, 2.24) is 0 Å². The van der Waals surface area contributed by atoms with Gasteiger partial charge in [0.2, 0.25) is 0 Å². The number of urea groups is 1. The summed E-state index contributed by atoms with van der Waals surface area (Å²) in [6, 6.07) is 11.7. The lowest BCUT2D eigenvalue weighted by Crippen LogP contribution is -2.19. The summed E-state index contributed by atoms with van der Waals surface area (Å²) < 4.78 is 11.0. The molecule has 0 unspecified atom stereocenters. The van der Waals surface area contributed by atoms with Crippen LogP contribution in [0.2, 0.25) is 5.02 Å². The third-order valence-corrected chi connectivity index (χ3v) is 4.96. The van der Waals surface area contributed by atoms with Crippen LogP contribution in [0.3, 0.4) is 0 Å². The van der Waals surface area contributed by atoms with E-state index < -0.39 is 12.0 Å². The molecule has 0 bridgehead atoms. The van der Waals surface area contributed by atoms with Gasteiger partial charge in [0.15, 0.2) is 10.6 Å². The number of methoxy groups -OCH3 is 2. The molecule has 0 saturated heterocycles. The van der Waals surface area contributed by atoms with Crippen molar-refractivity contribution in [3.63, 3.8) is 0 Å². The predicted octanol–water partition coefficient (Wildman–Crippen LogP) is 4.99. The Hall–Kier alpha value is -2.77. The van der Waals surface area contributed by atoms with Gasteiger partial charge in [-0.15, -0.1) is 11.3 Å². The molecule has 0 radical (unpaired) electrons. The summed E-state index contributed by atoms with van der Waals surface area (Å²) in [4.78, 5) is 24.4. The van der Waals surface area contributed by atoms with E-state index in [4.69, 9.17) is 21.1 Å². The van der Waals surface area contributed by atoms with E-state index in [0.717, 1.165) is 10.1 Å². The molecule has 2 amide bonds. The number of anilines is 2. The van der Waals surface area contributed by atoms with Gasteiger partial charge < -0.3 is 20.1 Å². The Morgan fingerprint density at radius 1 is 1.00 bits per heavy atom. The number of hydrogen-bond donors (Lipinski definition) is 2. The van der Waals surface area contributed by atoms with Crippen molar-refractivity contribution < 1.29 is 19.1 Å². The summed E-state index contributed by atoms with van der Waals surface area (Å²) in [5.74, 6) is -0.0309. The number of fused-ring (bicyclic) bond motifs is 1. The summed E-state index contributed by atoms with van der Waals surface area (Å²) in [6.07, 6.45) is 0. The highest BCUT2D eigenvalue weighted by molar-refractivity contribution is 7.21. The van der Waals surface area contributed by atoms with Crippen LogP contribution in [0.5, 0.6) is 5.75 Å². The first kappa shape index (κ1) is 18.0. The van der Waals surface area contributed by atoms with Gasteiger partial charge in [0.25, 0.3) is 0 Å². The van der Waals surface area contributed by atoms with Gasteiger partial charge in [0.1, 0.15) is 0 Å². The molecule has 26 heavy (non-hydrogen) atoms. The molecule has 0 aliphatic heterocycles. The van der Waals surface area contributed by atoms with Crippen LogP contribution in [-0.4, -0.2) is 26.2 Å². The quantitative estimate of drug-likeness (QED) is 0.615. The maximum Gasteiger partial charge on any atom is 0.351 e. The molecule has 2 N–H and O–H groups in total. The van der Waals surface area contributed by atoms with Gasteiger partial charge in [-0.25, -0.2) is 9.59 Å². The Morgan fingerprint density at radius 2 is 1.65 bits per heavy atom. The van der Waals surface area contributed by atoms with Crippen LogP contribution < -0.4 is 15.4 Å².